The maximum atomic E-state index is 13.0. The lowest BCUT2D eigenvalue weighted by atomic mass is 10.1. The van der Waals surface area contributed by atoms with Gasteiger partial charge < -0.3 is 9.47 Å². The molecule has 1 aliphatic heterocycles. The van der Waals surface area contributed by atoms with Crippen LogP contribution < -0.4 is 19.7 Å². The number of anilines is 1. The molecular formula is C27H24N2O5. The number of benzene rings is 3. The van der Waals surface area contributed by atoms with Gasteiger partial charge in [-0.25, -0.2) is 9.69 Å². The number of aryl methyl sites for hydroxylation is 2. The fourth-order valence-corrected chi connectivity index (χ4v) is 3.77. The summed E-state index contributed by atoms with van der Waals surface area (Å²) in [5, 5.41) is 2.22. The van der Waals surface area contributed by atoms with E-state index in [0.717, 1.165) is 10.5 Å². The Morgan fingerprint density at radius 2 is 1.47 bits per heavy atom. The lowest BCUT2D eigenvalue weighted by Gasteiger charge is -2.26. The van der Waals surface area contributed by atoms with E-state index in [0.29, 0.717) is 29.4 Å². The van der Waals surface area contributed by atoms with Crippen LogP contribution in [0.2, 0.25) is 0 Å². The SMILES string of the molecule is COc1ccc(N2C(=O)NC(=O)/C(=C\c3ccc(OCc4cc(C)cc(C)c4)cc3)C2=O)cc1. The normalized spacial score (nSPS) is 14.9. The molecule has 1 saturated heterocycles. The van der Waals surface area contributed by atoms with Gasteiger partial charge >= 0.3 is 6.03 Å². The highest BCUT2D eigenvalue weighted by molar-refractivity contribution is 6.39. The summed E-state index contributed by atoms with van der Waals surface area (Å²) in [5.74, 6) is -0.194. The largest absolute Gasteiger partial charge is 0.497 e. The van der Waals surface area contributed by atoms with Gasteiger partial charge in [0.15, 0.2) is 0 Å². The number of barbiturate groups is 1. The van der Waals surface area contributed by atoms with Crippen molar-refractivity contribution in [2.45, 2.75) is 20.5 Å². The summed E-state index contributed by atoms with van der Waals surface area (Å²) < 4.78 is 11.0. The maximum Gasteiger partial charge on any atom is 0.335 e. The summed E-state index contributed by atoms with van der Waals surface area (Å²) in [6.07, 6.45) is 1.45. The number of nitrogens with one attached hydrogen (secondary N) is 1. The lowest BCUT2D eigenvalue weighted by Crippen LogP contribution is -2.54. The van der Waals surface area contributed by atoms with Gasteiger partial charge in [-0.15, -0.1) is 0 Å². The molecule has 3 aromatic rings. The van der Waals surface area contributed by atoms with Crippen LogP contribution in [0.3, 0.4) is 0 Å². The number of rotatable bonds is 6. The molecule has 0 saturated carbocycles. The molecule has 34 heavy (non-hydrogen) atoms. The molecule has 0 radical (unpaired) electrons. The highest BCUT2D eigenvalue weighted by atomic mass is 16.5. The van der Waals surface area contributed by atoms with Gasteiger partial charge in [-0.05, 0) is 67.4 Å². The second kappa shape index (κ2) is 9.62. The first-order chi connectivity index (χ1) is 16.3. The van der Waals surface area contributed by atoms with Gasteiger partial charge in [0.25, 0.3) is 11.8 Å². The van der Waals surface area contributed by atoms with Gasteiger partial charge in [0, 0.05) is 0 Å². The zero-order valence-electron chi connectivity index (χ0n) is 19.1. The van der Waals surface area contributed by atoms with Gasteiger partial charge in [0.2, 0.25) is 0 Å². The Balaban J connectivity index is 1.50. The van der Waals surface area contributed by atoms with Crippen LogP contribution in [0.1, 0.15) is 22.3 Å². The molecule has 1 N–H and O–H groups in total. The first-order valence-corrected chi connectivity index (χ1v) is 10.7. The minimum Gasteiger partial charge on any atom is -0.497 e. The zero-order valence-corrected chi connectivity index (χ0v) is 19.1. The lowest BCUT2D eigenvalue weighted by molar-refractivity contribution is -0.122. The molecule has 0 spiro atoms. The van der Waals surface area contributed by atoms with Gasteiger partial charge in [0.1, 0.15) is 23.7 Å². The highest BCUT2D eigenvalue weighted by Gasteiger charge is 2.36. The molecule has 4 amide bonds. The number of carbonyl (C=O) groups is 3. The van der Waals surface area contributed by atoms with E-state index in [9.17, 15) is 14.4 Å². The minimum absolute atomic E-state index is 0.140. The zero-order chi connectivity index (χ0) is 24.2. The number of hydrogen-bond acceptors (Lipinski definition) is 5. The molecule has 0 atom stereocenters. The van der Waals surface area contributed by atoms with Crippen molar-refractivity contribution in [3.63, 3.8) is 0 Å². The van der Waals surface area contributed by atoms with Crippen LogP contribution in [-0.4, -0.2) is 25.0 Å². The van der Waals surface area contributed by atoms with Crippen molar-refractivity contribution in [3.05, 3.63) is 94.6 Å². The topological polar surface area (TPSA) is 84.9 Å². The molecule has 4 rings (SSSR count). The van der Waals surface area contributed by atoms with Crippen LogP contribution in [0.4, 0.5) is 10.5 Å². The molecule has 1 fully saturated rings. The standard InChI is InChI=1S/C27H24N2O5/c1-17-12-18(2)14-20(13-17)16-34-23-8-4-19(5-9-23)15-24-25(30)28-27(32)29(26(24)31)21-6-10-22(33-3)11-7-21/h4-15H,16H2,1-3H3,(H,28,30,32)/b24-15+. The molecule has 0 aromatic heterocycles. The van der Waals surface area contributed by atoms with Crippen molar-refractivity contribution < 1.29 is 23.9 Å². The molecule has 1 heterocycles. The Bertz CT molecular complexity index is 1260. The monoisotopic (exact) mass is 456 g/mol. The molecule has 0 bridgehead atoms. The van der Waals surface area contributed by atoms with Crippen molar-refractivity contribution in [1.29, 1.82) is 0 Å². The van der Waals surface area contributed by atoms with E-state index in [-0.39, 0.29) is 5.57 Å². The third-order valence-corrected chi connectivity index (χ3v) is 5.31. The fraction of sp³-hybridized carbons (Fsp3) is 0.148. The molecule has 7 heteroatoms. The molecule has 0 unspecified atom stereocenters. The quantitative estimate of drug-likeness (QED) is 0.434. The Morgan fingerprint density at radius 3 is 2.09 bits per heavy atom. The predicted molar refractivity (Wildman–Crippen MR) is 129 cm³/mol. The summed E-state index contributed by atoms with van der Waals surface area (Å²) in [7, 11) is 1.52. The number of hydrogen-bond donors (Lipinski definition) is 1. The summed E-state index contributed by atoms with van der Waals surface area (Å²) in [4.78, 5) is 38.7. The highest BCUT2D eigenvalue weighted by Crippen LogP contribution is 2.25. The molecule has 172 valence electrons. The van der Waals surface area contributed by atoms with Gasteiger partial charge in [-0.2, -0.15) is 0 Å². The summed E-state index contributed by atoms with van der Waals surface area (Å²) in [5.41, 5.74) is 4.25. The Hall–Kier alpha value is -4.39. The number of amides is 4. The Labute approximate surface area is 197 Å². The molecule has 7 nitrogen and oxygen atoms in total. The van der Waals surface area contributed by atoms with E-state index >= 15 is 0 Å². The minimum atomic E-state index is -0.799. The smallest absolute Gasteiger partial charge is 0.335 e. The fourth-order valence-electron chi connectivity index (χ4n) is 3.77. The molecule has 0 aliphatic carbocycles. The van der Waals surface area contributed by atoms with E-state index in [1.807, 2.05) is 13.8 Å². The molecular weight excluding hydrogens is 432 g/mol. The second-order valence-electron chi connectivity index (χ2n) is 8.01. The van der Waals surface area contributed by atoms with Gasteiger partial charge in [0.05, 0.1) is 12.8 Å². The number of ether oxygens (including phenoxy) is 2. The van der Waals surface area contributed by atoms with Crippen molar-refractivity contribution in [1.82, 2.24) is 5.32 Å². The van der Waals surface area contributed by atoms with Crippen molar-refractivity contribution >= 4 is 29.6 Å². The summed E-state index contributed by atoms with van der Waals surface area (Å²) >= 11 is 0. The maximum absolute atomic E-state index is 13.0. The Kier molecular flexibility index (Phi) is 6.45. The third-order valence-electron chi connectivity index (χ3n) is 5.31. The van der Waals surface area contributed by atoms with E-state index in [4.69, 9.17) is 9.47 Å². The van der Waals surface area contributed by atoms with Gasteiger partial charge in [-0.3, -0.25) is 14.9 Å². The number of urea groups is 1. The number of methoxy groups -OCH3 is 1. The van der Waals surface area contributed by atoms with Crippen LogP contribution in [0, 0.1) is 13.8 Å². The van der Waals surface area contributed by atoms with Gasteiger partial charge in [-0.1, -0.05) is 41.5 Å². The van der Waals surface area contributed by atoms with Crippen molar-refractivity contribution in [3.8, 4) is 11.5 Å². The first kappa shape index (κ1) is 22.8. The number of carbonyl (C=O) groups excluding carboxylic acids is 3. The van der Waals surface area contributed by atoms with Crippen LogP contribution in [0.5, 0.6) is 11.5 Å². The van der Waals surface area contributed by atoms with Crippen LogP contribution in [-0.2, 0) is 16.2 Å². The van der Waals surface area contributed by atoms with E-state index in [1.165, 1.54) is 24.3 Å². The van der Waals surface area contributed by atoms with Crippen molar-refractivity contribution in [2.24, 2.45) is 0 Å². The average molecular weight is 456 g/mol. The molecule has 1 aliphatic rings. The average Bonchev–Trinajstić information content (AvgIpc) is 2.81. The van der Waals surface area contributed by atoms with E-state index < -0.39 is 17.8 Å². The number of imide groups is 2. The predicted octanol–water partition coefficient (Wildman–Crippen LogP) is 4.56. The van der Waals surface area contributed by atoms with Crippen LogP contribution in [0.25, 0.3) is 6.08 Å². The van der Waals surface area contributed by atoms with Crippen molar-refractivity contribution in [2.75, 3.05) is 12.0 Å². The van der Waals surface area contributed by atoms with Crippen LogP contribution in [0.15, 0.2) is 72.3 Å². The molecule has 3 aromatic carbocycles. The second-order valence-corrected chi connectivity index (χ2v) is 8.01. The number of nitrogens with zero attached hydrogens (tertiary/aromatic N) is 1. The van der Waals surface area contributed by atoms with E-state index in [1.54, 1.807) is 48.5 Å². The first-order valence-electron chi connectivity index (χ1n) is 10.7. The third kappa shape index (κ3) is 4.99. The Morgan fingerprint density at radius 1 is 0.853 bits per heavy atom. The summed E-state index contributed by atoms with van der Waals surface area (Å²) in [6, 6.07) is 18.9. The van der Waals surface area contributed by atoms with Crippen LogP contribution >= 0.6 is 0 Å². The van der Waals surface area contributed by atoms with E-state index in [2.05, 4.69) is 23.5 Å². The summed E-state index contributed by atoms with van der Waals surface area (Å²) in [6.45, 7) is 4.53.